The maximum Gasteiger partial charge on any atom is 0.263 e. The Hall–Kier alpha value is -0.870. The van der Waals surface area contributed by atoms with Gasteiger partial charge in [-0.15, -0.1) is 11.3 Å². The van der Waals surface area contributed by atoms with Crippen molar-refractivity contribution >= 4 is 22.9 Å². The summed E-state index contributed by atoms with van der Waals surface area (Å²) in [6, 6.07) is 4.19. The maximum absolute atomic E-state index is 5.52. The molecule has 0 fully saturated rings. The van der Waals surface area contributed by atoms with E-state index in [1.165, 1.54) is 4.88 Å². The molecule has 5 heteroatoms. The van der Waals surface area contributed by atoms with Crippen LogP contribution in [0.25, 0.3) is 0 Å². The summed E-state index contributed by atoms with van der Waals surface area (Å²) in [4.78, 5) is 5.31. The number of aryl methyl sites for hydroxylation is 2. The lowest BCUT2D eigenvalue weighted by molar-refractivity contribution is 0.375. The van der Waals surface area contributed by atoms with Crippen molar-refractivity contribution in [2.45, 2.75) is 19.3 Å². The minimum absolute atomic E-state index is 0.191. The fourth-order valence-corrected chi connectivity index (χ4v) is 2.08. The Kier molecular flexibility index (Phi) is 3.16. The van der Waals surface area contributed by atoms with Crippen molar-refractivity contribution < 1.29 is 4.52 Å². The average Bonchev–Trinajstić information content (AvgIpc) is 2.77. The van der Waals surface area contributed by atoms with Crippen LogP contribution in [-0.4, -0.2) is 10.1 Å². The van der Waals surface area contributed by atoms with Crippen LogP contribution in [0.15, 0.2) is 22.0 Å². The molecule has 0 atom stereocenters. The summed E-state index contributed by atoms with van der Waals surface area (Å²) in [5.41, 5.74) is 0. The third-order valence-corrected chi connectivity index (χ3v) is 2.93. The van der Waals surface area contributed by atoms with Gasteiger partial charge in [0, 0.05) is 11.3 Å². The second-order valence-corrected chi connectivity index (χ2v) is 4.26. The molecule has 0 unspecified atom stereocenters. The van der Waals surface area contributed by atoms with Crippen LogP contribution in [0, 0.1) is 0 Å². The molecule has 0 saturated carbocycles. The third kappa shape index (κ3) is 2.56. The molecule has 0 aliphatic rings. The van der Waals surface area contributed by atoms with Crippen molar-refractivity contribution in [3.63, 3.8) is 0 Å². The van der Waals surface area contributed by atoms with Crippen LogP contribution >= 0.6 is 22.9 Å². The fraction of sp³-hybridized carbons (Fsp3) is 0.333. The van der Waals surface area contributed by atoms with Gasteiger partial charge in [0.05, 0.1) is 0 Å². The molecule has 0 N–H and O–H groups in total. The molecule has 14 heavy (non-hydrogen) atoms. The van der Waals surface area contributed by atoms with E-state index in [0.717, 1.165) is 19.3 Å². The van der Waals surface area contributed by atoms with E-state index in [9.17, 15) is 0 Å². The molecule has 0 aromatic carbocycles. The van der Waals surface area contributed by atoms with Crippen LogP contribution in [0.2, 0.25) is 5.28 Å². The van der Waals surface area contributed by atoms with E-state index >= 15 is 0 Å². The number of hydrogen-bond acceptors (Lipinski definition) is 4. The third-order valence-electron chi connectivity index (χ3n) is 1.84. The van der Waals surface area contributed by atoms with Crippen LogP contribution < -0.4 is 0 Å². The fourth-order valence-electron chi connectivity index (χ4n) is 1.20. The first kappa shape index (κ1) is 9.68. The summed E-state index contributed by atoms with van der Waals surface area (Å²) in [6.45, 7) is 0. The first-order chi connectivity index (χ1) is 6.84. The number of nitrogens with zero attached hydrogens (tertiary/aromatic N) is 2. The highest BCUT2D eigenvalue weighted by Crippen LogP contribution is 2.13. The number of thiophene rings is 1. The number of halogens is 1. The summed E-state index contributed by atoms with van der Waals surface area (Å²) in [6.07, 6.45) is 2.86. The number of aromatic nitrogens is 2. The monoisotopic (exact) mass is 228 g/mol. The molecular weight excluding hydrogens is 220 g/mol. The highest BCUT2D eigenvalue weighted by Gasteiger charge is 2.03. The Bertz CT molecular complexity index is 385. The van der Waals surface area contributed by atoms with Gasteiger partial charge in [0.25, 0.3) is 5.28 Å². The van der Waals surface area contributed by atoms with Crippen LogP contribution in [-0.2, 0) is 12.8 Å². The average molecular weight is 229 g/mol. The van der Waals surface area contributed by atoms with Crippen molar-refractivity contribution in [1.29, 1.82) is 0 Å². The second-order valence-electron chi connectivity index (χ2n) is 2.89. The van der Waals surface area contributed by atoms with Crippen LogP contribution in [0.4, 0.5) is 0 Å². The van der Waals surface area contributed by atoms with Gasteiger partial charge in [0.15, 0.2) is 0 Å². The summed E-state index contributed by atoms with van der Waals surface area (Å²) in [5, 5.41) is 5.79. The first-order valence-corrected chi connectivity index (χ1v) is 5.61. The van der Waals surface area contributed by atoms with E-state index in [0.29, 0.717) is 5.89 Å². The lowest BCUT2D eigenvalue weighted by atomic mass is 10.2. The Labute approximate surface area is 90.7 Å². The molecule has 0 aliphatic carbocycles. The largest absolute Gasteiger partial charge is 0.338 e. The molecule has 3 nitrogen and oxygen atoms in total. The highest BCUT2D eigenvalue weighted by molar-refractivity contribution is 7.09. The number of rotatable bonds is 4. The zero-order valence-corrected chi connectivity index (χ0v) is 9.01. The first-order valence-electron chi connectivity index (χ1n) is 4.35. The Morgan fingerprint density at radius 2 is 2.36 bits per heavy atom. The quantitative estimate of drug-likeness (QED) is 0.808. The maximum atomic E-state index is 5.52. The molecule has 0 aliphatic heterocycles. The zero-order chi connectivity index (χ0) is 9.80. The summed E-state index contributed by atoms with van der Waals surface area (Å²) in [7, 11) is 0. The summed E-state index contributed by atoms with van der Waals surface area (Å²) in [5.74, 6) is 0.617. The zero-order valence-electron chi connectivity index (χ0n) is 7.44. The molecule has 0 bridgehead atoms. The van der Waals surface area contributed by atoms with Gasteiger partial charge in [-0.05, 0) is 41.0 Å². The smallest absolute Gasteiger partial charge is 0.263 e. The molecule has 0 saturated heterocycles. The van der Waals surface area contributed by atoms with E-state index in [-0.39, 0.29) is 5.28 Å². The molecule has 2 rings (SSSR count). The lowest BCUT2D eigenvalue weighted by Crippen LogP contribution is -1.87. The molecule has 0 spiro atoms. The van der Waals surface area contributed by atoms with Gasteiger partial charge in [-0.25, -0.2) is 0 Å². The molecule has 2 heterocycles. The van der Waals surface area contributed by atoms with Crippen molar-refractivity contribution in [1.82, 2.24) is 10.1 Å². The van der Waals surface area contributed by atoms with Crippen LogP contribution in [0.3, 0.4) is 0 Å². The van der Waals surface area contributed by atoms with Gasteiger partial charge >= 0.3 is 0 Å². The summed E-state index contributed by atoms with van der Waals surface area (Å²) < 4.78 is 4.89. The Morgan fingerprint density at radius 1 is 1.43 bits per heavy atom. The predicted octanol–water partition coefficient (Wildman–Crippen LogP) is 2.96. The molecule has 0 amide bonds. The topological polar surface area (TPSA) is 38.9 Å². The number of hydrogen-bond donors (Lipinski definition) is 0. The van der Waals surface area contributed by atoms with E-state index in [4.69, 9.17) is 16.1 Å². The van der Waals surface area contributed by atoms with Crippen molar-refractivity contribution in [3.05, 3.63) is 33.6 Å². The second kappa shape index (κ2) is 4.57. The molecule has 2 aromatic rings. The Balaban J connectivity index is 1.78. The van der Waals surface area contributed by atoms with Gasteiger partial charge < -0.3 is 4.52 Å². The Morgan fingerprint density at radius 3 is 3.00 bits per heavy atom. The lowest BCUT2D eigenvalue weighted by Gasteiger charge is -1.93. The van der Waals surface area contributed by atoms with Gasteiger partial charge in [-0.2, -0.15) is 4.98 Å². The van der Waals surface area contributed by atoms with Gasteiger partial charge in [0.1, 0.15) is 0 Å². The normalized spacial score (nSPS) is 10.6. The SMILES string of the molecule is Clc1noc(CCCc2cccs2)n1. The molecule has 0 radical (unpaired) electrons. The van der Waals surface area contributed by atoms with Gasteiger partial charge in [-0.3, -0.25) is 0 Å². The minimum atomic E-state index is 0.191. The van der Waals surface area contributed by atoms with E-state index in [2.05, 4.69) is 27.7 Å². The standard InChI is InChI=1S/C9H9ClN2OS/c10-9-11-8(13-12-9)5-1-3-7-4-2-6-14-7/h2,4,6H,1,3,5H2. The predicted molar refractivity (Wildman–Crippen MR) is 55.7 cm³/mol. The van der Waals surface area contributed by atoms with Crippen LogP contribution in [0.1, 0.15) is 17.2 Å². The summed E-state index contributed by atoms with van der Waals surface area (Å²) >= 11 is 7.30. The highest BCUT2D eigenvalue weighted by atomic mass is 35.5. The molecular formula is C9H9ClN2OS. The van der Waals surface area contributed by atoms with Crippen molar-refractivity contribution in [3.8, 4) is 0 Å². The van der Waals surface area contributed by atoms with Crippen molar-refractivity contribution in [2.75, 3.05) is 0 Å². The van der Waals surface area contributed by atoms with Gasteiger partial charge in [-0.1, -0.05) is 6.07 Å². The van der Waals surface area contributed by atoms with Crippen LogP contribution in [0.5, 0.6) is 0 Å². The van der Waals surface area contributed by atoms with Crippen molar-refractivity contribution in [2.24, 2.45) is 0 Å². The van der Waals surface area contributed by atoms with E-state index in [1.807, 2.05) is 0 Å². The minimum Gasteiger partial charge on any atom is -0.338 e. The molecule has 2 aromatic heterocycles. The van der Waals surface area contributed by atoms with E-state index in [1.54, 1.807) is 11.3 Å². The van der Waals surface area contributed by atoms with Gasteiger partial charge in [0.2, 0.25) is 5.89 Å². The molecule has 74 valence electrons. The van der Waals surface area contributed by atoms with E-state index < -0.39 is 0 Å².